The maximum Gasteiger partial charge on any atom is 0.232 e. The van der Waals surface area contributed by atoms with Gasteiger partial charge in [-0.15, -0.1) is 10.2 Å². The van der Waals surface area contributed by atoms with Crippen LogP contribution in [-0.2, 0) is 4.79 Å². The van der Waals surface area contributed by atoms with E-state index in [0.29, 0.717) is 11.6 Å². The van der Waals surface area contributed by atoms with E-state index in [1.165, 1.54) is 18.2 Å². The molecule has 1 fully saturated rings. The Labute approximate surface area is 157 Å². The van der Waals surface area contributed by atoms with Crippen LogP contribution in [0.3, 0.4) is 0 Å². The first-order valence-electron chi connectivity index (χ1n) is 8.95. The Morgan fingerprint density at radius 1 is 1.27 bits per heavy atom. The Morgan fingerprint density at radius 3 is 2.65 bits per heavy atom. The first-order valence-corrected chi connectivity index (χ1v) is 9.83. The number of benzene rings is 1. The van der Waals surface area contributed by atoms with Crippen LogP contribution in [0.4, 0.5) is 5.95 Å². The average molecular weight is 375 g/mol. The van der Waals surface area contributed by atoms with Gasteiger partial charge in [-0.05, 0) is 37.8 Å². The molecule has 0 spiro atoms. The van der Waals surface area contributed by atoms with Gasteiger partial charge in [-0.2, -0.15) is 0 Å². The van der Waals surface area contributed by atoms with Gasteiger partial charge in [0.05, 0.1) is 18.0 Å². The summed E-state index contributed by atoms with van der Waals surface area (Å²) in [4.78, 5) is 14.0. The molecule has 1 atom stereocenters. The van der Waals surface area contributed by atoms with E-state index in [-0.39, 0.29) is 11.2 Å². The number of ether oxygens (including phenoxy) is 1. The molecule has 1 amide bonds. The van der Waals surface area contributed by atoms with Gasteiger partial charge in [0.2, 0.25) is 11.9 Å². The summed E-state index contributed by atoms with van der Waals surface area (Å²) in [7, 11) is 1.65. The molecule has 3 rings (SSSR count). The van der Waals surface area contributed by atoms with Crippen molar-refractivity contribution < 1.29 is 9.53 Å². The van der Waals surface area contributed by atoms with E-state index in [1.54, 1.807) is 7.11 Å². The van der Waals surface area contributed by atoms with Gasteiger partial charge in [-0.1, -0.05) is 30.8 Å². The van der Waals surface area contributed by atoms with Crippen LogP contribution in [0.25, 0.3) is 5.69 Å². The van der Waals surface area contributed by atoms with Crippen molar-refractivity contribution in [2.75, 3.05) is 25.1 Å². The zero-order valence-corrected chi connectivity index (χ0v) is 16.0. The van der Waals surface area contributed by atoms with E-state index in [0.717, 1.165) is 43.3 Å². The van der Waals surface area contributed by atoms with Crippen molar-refractivity contribution in [1.29, 1.82) is 0 Å². The molecule has 0 aliphatic carbocycles. The van der Waals surface area contributed by atoms with Crippen molar-refractivity contribution in [3.63, 3.8) is 0 Å². The normalized spacial score (nSPS) is 15.7. The van der Waals surface area contributed by atoms with E-state index < -0.39 is 0 Å². The average Bonchev–Trinajstić information content (AvgIpc) is 3.09. The lowest BCUT2D eigenvalue weighted by atomic mass is 10.1. The fraction of sp³-hybridized carbons (Fsp3) is 0.500. The van der Waals surface area contributed by atoms with E-state index in [9.17, 15) is 4.79 Å². The van der Waals surface area contributed by atoms with Crippen molar-refractivity contribution in [3.05, 3.63) is 24.3 Å². The highest BCUT2D eigenvalue weighted by atomic mass is 32.2. The number of methoxy groups -OCH3 is 1. The molecular weight excluding hydrogens is 350 g/mol. The van der Waals surface area contributed by atoms with Crippen LogP contribution in [0.15, 0.2) is 29.4 Å². The molecule has 2 N–H and O–H groups in total. The number of hydrogen-bond acceptors (Lipinski definition) is 6. The fourth-order valence-corrected chi connectivity index (χ4v) is 4.04. The monoisotopic (exact) mass is 375 g/mol. The Balaban J connectivity index is 2.07. The van der Waals surface area contributed by atoms with E-state index in [1.807, 2.05) is 35.8 Å². The molecule has 140 valence electrons. The number of anilines is 1. The van der Waals surface area contributed by atoms with Gasteiger partial charge in [-0.25, -0.2) is 0 Å². The largest absolute Gasteiger partial charge is 0.495 e. The van der Waals surface area contributed by atoms with Crippen molar-refractivity contribution in [1.82, 2.24) is 14.8 Å². The van der Waals surface area contributed by atoms with Crippen LogP contribution in [0.2, 0.25) is 0 Å². The van der Waals surface area contributed by atoms with Gasteiger partial charge >= 0.3 is 0 Å². The van der Waals surface area contributed by atoms with Crippen molar-refractivity contribution >= 4 is 23.6 Å². The zero-order valence-electron chi connectivity index (χ0n) is 15.2. The molecular formula is C18H25N5O2S. The Kier molecular flexibility index (Phi) is 6.03. The lowest BCUT2D eigenvalue weighted by Crippen LogP contribution is -2.32. The number of carbonyl (C=O) groups is 1. The number of thioether (sulfide) groups is 1. The molecule has 2 heterocycles. The molecule has 26 heavy (non-hydrogen) atoms. The molecule has 7 nitrogen and oxygen atoms in total. The second-order valence-corrected chi connectivity index (χ2v) is 7.42. The molecule has 1 aliphatic rings. The van der Waals surface area contributed by atoms with Crippen LogP contribution in [0.5, 0.6) is 5.75 Å². The summed E-state index contributed by atoms with van der Waals surface area (Å²) in [6, 6.07) is 7.77. The Morgan fingerprint density at radius 2 is 2.00 bits per heavy atom. The van der Waals surface area contributed by atoms with Crippen LogP contribution >= 0.6 is 11.8 Å². The predicted molar refractivity (Wildman–Crippen MR) is 103 cm³/mol. The number of para-hydroxylation sites is 2. The molecule has 2 aromatic rings. The first-order chi connectivity index (χ1) is 12.7. The Hall–Kier alpha value is -2.22. The number of nitrogens with zero attached hydrogens (tertiary/aromatic N) is 4. The van der Waals surface area contributed by atoms with Crippen molar-refractivity contribution in [2.24, 2.45) is 5.73 Å². The number of piperidine rings is 1. The van der Waals surface area contributed by atoms with E-state index in [4.69, 9.17) is 10.5 Å². The van der Waals surface area contributed by atoms with Gasteiger partial charge in [-0.3, -0.25) is 9.36 Å². The van der Waals surface area contributed by atoms with Crippen molar-refractivity contribution in [2.45, 2.75) is 43.0 Å². The lowest BCUT2D eigenvalue weighted by Gasteiger charge is -2.28. The number of hydrogen-bond donors (Lipinski definition) is 1. The van der Waals surface area contributed by atoms with Crippen molar-refractivity contribution in [3.8, 4) is 11.4 Å². The summed E-state index contributed by atoms with van der Waals surface area (Å²) >= 11 is 1.35. The number of rotatable bonds is 7. The lowest BCUT2D eigenvalue weighted by molar-refractivity contribution is -0.117. The highest BCUT2D eigenvalue weighted by Gasteiger charge is 2.26. The Bertz CT molecular complexity index is 758. The van der Waals surface area contributed by atoms with Gasteiger partial charge in [0.15, 0.2) is 5.16 Å². The van der Waals surface area contributed by atoms with Gasteiger partial charge in [0.25, 0.3) is 0 Å². The topological polar surface area (TPSA) is 86.3 Å². The zero-order chi connectivity index (χ0) is 18.5. The third-order valence-electron chi connectivity index (χ3n) is 4.52. The fourth-order valence-electron chi connectivity index (χ4n) is 3.13. The number of nitrogens with two attached hydrogens (primary N) is 1. The predicted octanol–water partition coefficient (Wildman–Crippen LogP) is 2.62. The number of carbonyl (C=O) groups excluding carboxylic acids is 1. The standard InChI is InChI=1S/C18H25N5O2S/c1-3-15(16(19)24)26-18-21-20-17(22-11-7-4-8-12-22)23(18)13-9-5-6-10-14(13)25-2/h5-6,9-10,15H,3-4,7-8,11-12H2,1-2H3,(H2,19,24). The minimum absolute atomic E-state index is 0.341. The molecule has 1 aromatic heterocycles. The summed E-state index contributed by atoms with van der Waals surface area (Å²) in [5.41, 5.74) is 6.40. The molecule has 0 saturated carbocycles. The molecule has 1 aliphatic heterocycles. The van der Waals surface area contributed by atoms with E-state index >= 15 is 0 Å². The summed E-state index contributed by atoms with van der Waals surface area (Å²) in [6.07, 6.45) is 4.15. The molecule has 0 radical (unpaired) electrons. The quantitative estimate of drug-likeness (QED) is 0.749. The minimum atomic E-state index is -0.345. The molecule has 1 unspecified atom stereocenters. The molecule has 0 bridgehead atoms. The van der Waals surface area contributed by atoms with Gasteiger partial charge < -0.3 is 15.4 Å². The number of aromatic nitrogens is 3. The van der Waals surface area contributed by atoms with Crippen LogP contribution in [0, 0.1) is 0 Å². The molecule has 8 heteroatoms. The highest BCUT2D eigenvalue weighted by molar-refractivity contribution is 8.00. The summed E-state index contributed by atoms with van der Waals surface area (Å²) < 4.78 is 7.54. The first kappa shape index (κ1) is 18.6. The second-order valence-electron chi connectivity index (χ2n) is 6.25. The smallest absolute Gasteiger partial charge is 0.232 e. The third-order valence-corrected chi connectivity index (χ3v) is 5.84. The van der Waals surface area contributed by atoms with Crippen LogP contribution < -0.4 is 15.4 Å². The van der Waals surface area contributed by atoms with Crippen LogP contribution in [0.1, 0.15) is 32.6 Å². The maximum absolute atomic E-state index is 11.7. The summed E-state index contributed by atoms with van der Waals surface area (Å²) in [6.45, 7) is 3.84. The highest BCUT2D eigenvalue weighted by Crippen LogP contribution is 2.34. The number of primary amides is 1. The number of amides is 1. The van der Waals surface area contributed by atoms with E-state index in [2.05, 4.69) is 15.1 Å². The molecule has 1 aromatic carbocycles. The molecule has 1 saturated heterocycles. The van der Waals surface area contributed by atoms with Gasteiger partial charge in [0, 0.05) is 13.1 Å². The second kappa shape index (κ2) is 8.44. The summed E-state index contributed by atoms with van der Waals surface area (Å²) in [5, 5.41) is 9.14. The maximum atomic E-state index is 11.7. The SMILES string of the molecule is CCC(Sc1nnc(N2CCCCC2)n1-c1ccccc1OC)C(N)=O. The summed E-state index contributed by atoms with van der Waals surface area (Å²) in [5.74, 6) is 1.18. The van der Waals surface area contributed by atoms with Gasteiger partial charge in [0.1, 0.15) is 5.75 Å². The minimum Gasteiger partial charge on any atom is -0.495 e. The van der Waals surface area contributed by atoms with Crippen LogP contribution in [-0.4, -0.2) is 46.1 Å². The third kappa shape index (κ3) is 3.80.